The van der Waals surface area contributed by atoms with Gasteiger partial charge in [-0.3, -0.25) is 4.68 Å². The molecule has 1 atom stereocenters. The number of halogens is 2. The van der Waals surface area contributed by atoms with Crippen LogP contribution in [0.25, 0.3) is 0 Å². The Bertz CT molecular complexity index is 600. The lowest BCUT2D eigenvalue weighted by Crippen LogP contribution is -2.25. The van der Waals surface area contributed by atoms with Crippen LogP contribution in [-0.4, -0.2) is 21.6 Å². The summed E-state index contributed by atoms with van der Waals surface area (Å²) in [7, 11) is 1.85. The summed E-state index contributed by atoms with van der Waals surface area (Å²) in [4.78, 5) is 1.21. The van der Waals surface area contributed by atoms with Crippen LogP contribution in [0.1, 0.15) is 11.3 Å². The number of hydrogen-bond donors (Lipinski definition) is 1. The molecule has 0 fully saturated rings. The zero-order valence-electron chi connectivity index (χ0n) is 11.4. The van der Waals surface area contributed by atoms with Crippen molar-refractivity contribution in [3.05, 3.63) is 45.1 Å². The molecule has 0 bridgehead atoms. The van der Waals surface area contributed by atoms with Gasteiger partial charge in [-0.2, -0.15) is 5.10 Å². The van der Waals surface area contributed by atoms with E-state index < -0.39 is 0 Å². The first-order valence-electron chi connectivity index (χ1n) is 6.30. The lowest BCUT2D eigenvalue weighted by Gasteiger charge is -2.12. The van der Waals surface area contributed by atoms with Gasteiger partial charge in [0.2, 0.25) is 0 Å². The molecule has 0 aliphatic heterocycles. The summed E-state index contributed by atoms with van der Waals surface area (Å²) in [5, 5.41) is 5.00. The van der Waals surface area contributed by atoms with Gasteiger partial charge in [0.25, 0.3) is 0 Å². The number of thioether (sulfide) groups is 1. The highest BCUT2D eigenvalue weighted by Crippen LogP contribution is 2.28. The molecular weight excluding hydrogens is 358 g/mol. The van der Waals surface area contributed by atoms with Gasteiger partial charge in [0.05, 0.1) is 5.69 Å². The Labute approximate surface area is 137 Å². The van der Waals surface area contributed by atoms with E-state index >= 15 is 0 Å². The van der Waals surface area contributed by atoms with E-state index in [9.17, 15) is 0 Å². The molecule has 2 aromatic rings. The minimum atomic E-state index is 0.0486. The summed E-state index contributed by atoms with van der Waals surface area (Å²) < 4.78 is 2.80. The molecule has 1 heterocycles. The highest BCUT2D eigenvalue weighted by atomic mass is 79.9. The Morgan fingerprint density at radius 3 is 2.75 bits per heavy atom. The van der Waals surface area contributed by atoms with Crippen LogP contribution >= 0.6 is 39.3 Å². The fourth-order valence-corrected chi connectivity index (χ4v) is 3.76. The second-order valence-electron chi connectivity index (χ2n) is 4.68. The molecule has 2 N–H and O–H groups in total. The molecule has 3 nitrogen and oxygen atoms in total. The number of nitrogens with two attached hydrogens (primary N) is 1. The third-order valence-electron chi connectivity index (χ3n) is 3.03. The van der Waals surface area contributed by atoms with Crippen molar-refractivity contribution < 1.29 is 0 Å². The number of rotatable bonds is 5. The largest absolute Gasteiger partial charge is 0.327 e. The van der Waals surface area contributed by atoms with Crippen molar-refractivity contribution >= 4 is 39.3 Å². The SMILES string of the molecule is Cc1nn(C)c(Cl)c1CC(N)CSc1ccccc1Br. The molecular formula is C14H17BrClN3S. The molecule has 20 heavy (non-hydrogen) atoms. The highest BCUT2D eigenvalue weighted by Gasteiger charge is 2.15. The Morgan fingerprint density at radius 1 is 1.45 bits per heavy atom. The summed E-state index contributed by atoms with van der Waals surface area (Å²) in [6, 6.07) is 8.21. The van der Waals surface area contributed by atoms with Gasteiger partial charge in [-0.1, -0.05) is 23.7 Å². The van der Waals surface area contributed by atoms with Crippen molar-refractivity contribution in [1.29, 1.82) is 0 Å². The van der Waals surface area contributed by atoms with Crippen molar-refractivity contribution in [1.82, 2.24) is 9.78 Å². The Kier molecular flexibility index (Phi) is 5.55. The van der Waals surface area contributed by atoms with E-state index in [0.717, 1.165) is 27.9 Å². The Balaban J connectivity index is 1.96. The molecule has 1 aromatic heterocycles. The van der Waals surface area contributed by atoms with E-state index in [1.165, 1.54) is 4.90 Å². The molecule has 0 aliphatic carbocycles. The maximum absolute atomic E-state index is 6.23. The zero-order chi connectivity index (χ0) is 14.7. The maximum Gasteiger partial charge on any atom is 0.130 e. The average Bonchev–Trinajstić information content (AvgIpc) is 2.64. The van der Waals surface area contributed by atoms with Gasteiger partial charge in [0.1, 0.15) is 5.15 Å². The van der Waals surface area contributed by atoms with Crippen molar-refractivity contribution in [3.63, 3.8) is 0 Å². The van der Waals surface area contributed by atoms with Crippen molar-refractivity contribution in [3.8, 4) is 0 Å². The van der Waals surface area contributed by atoms with E-state index in [2.05, 4.69) is 27.1 Å². The third kappa shape index (κ3) is 3.79. The molecule has 2 rings (SSSR count). The zero-order valence-corrected chi connectivity index (χ0v) is 14.6. The summed E-state index contributed by atoms with van der Waals surface area (Å²) >= 11 is 11.5. The lowest BCUT2D eigenvalue weighted by molar-refractivity contribution is 0.743. The molecule has 0 aliphatic rings. The van der Waals surface area contributed by atoms with E-state index in [4.69, 9.17) is 17.3 Å². The molecule has 1 unspecified atom stereocenters. The van der Waals surface area contributed by atoms with Gasteiger partial charge in [-0.05, 0) is 41.4 Å². The first kappa shape index (κ1) is 15.9. The first-order valence-corrected chi connectivity index (χ1v) is 8.45. The van der Waals surface area contributed by atoms with Crippen LogP contribution in [0.15, 0.2) is 33.6 Å². The molecule has 108 valence electrons. The number of hydrogen-bond acceptors (Lipinski definition) is 3. The Hall–Kier alpha value is -0.490. The molecule has 0 radical (unpaired) electrons. The second kappa shape index (κ2) is 6.98. The predicted molar refractivity (Wildman–Crippen MR) is 89.5 cm³/mol. The van der Waals surface area contributed by atoms with Gasteiger partial charge < -0.3 is 5.73 Å². The van der Waals surface area contributed by atoms with Gasteiger partial charge in [-0.15, -0.1) is 11.8 Å². The minimum Gasteiger partial charge on any atom is -0.327 e. The van der Waals surface area contributed by atoms with Crippen LogP contribution in [0.4, 0.5) is 0 Å². The molecule has 1 aromatic carbocycles. The van der Waals surface area contributed by atoms with Crippen molar-refractivity contribution in [2.24, 2.45) is 12.8 Å². The average molecular weight is 375 g/mol. The second-order valence-corrected chi connectivity index (χ2v) is 6.96. The summed E-state index contributed by atoms with van der Waals surface area (Å²) in [6.45, 7) is 1.97. The molecule has 0 saturated carbocycles. The molecule has 6 heteroatoms. The van der Waals surface area contributed by atoms with Crippen LogP contribution in [-0.2, 0) is 13.5 Å². The van der Waals surface area contributed by atoms with Gasteiger partial charge in [-0.25, -0.2) is 0 Å². The van der Waals surface area contributed by atoms with E-state index in [0.29, 0.717) is 5.15 Å². The molecule has 0 saturated heterocycles. The third-order valence-corrected chi connectivity index (χ3v) is 5.71. The summed E-state index contributed by atoms with van der Waals surface area (Å²) in [5.41, 5.74) is 8.23. The fourth-order valence-electron chi connectivity index (χ4n) is 1.99. The quantitative estimate of drug-likeness (QED) is 0.809. The van der Waals surface area contributed by atoms with Crippen molar-refractivity contribution in [2.75, 3.05) is 5.75 Å². The lowest BCUT2D eigenvalue weighted by atomic mass is 10.1. The molecule has 0 amide bonds. The van der Waals surface area contributed by atoms with Gasteiger partial charge in [0, 0.05) is 33.8 Å². The first-order chi connectivity index (χ1) is 9.49. The smallest absolute Gasteiger partial charge is 0.130 e. The monoisotopic (exact) mass is 373 g/mol. The van der Waals surface area contributed by atoms with E-state index in [1.54, 1.807) is 16.4 Å². The highest BCUT2D eigenvalue weighted by molar-refractivity contribution is 9.10. The summed E-state index contributed by atoms with van der Waals surface area (Å²) in [6.07, 6.45) is 0.746. The number of aromatic nitrogens is 2. The standard InChI is InChI=1S/C14H17BrClN3S/c1-9-11(14(16)19(2)18-9)7-10(17)8-20-13-6-4-3-5-12(13)15/h3-6,10H,7-8,17H2,1-2H3. The predicted octanol–water partition coefficient (Wildman–Crippen LogP) is 3.81. The molecule has 0 spiro atoms. The maximum atomic E-state index is 6.23. The van der Waals surface area contributed by atoms with Crippen LogP contribution in [0.5, 0.6) is 0 Å². The van der Waals surface area contributed by atoms with Crippen LogP contribution in [0.2, 0.25) is 5.15 Å². The number of nitrogens with zero attached hydrogens (tertiary/aromatic N) is 2. The van der Waals surface area contributed by atoms with E-state index in [-0.39, 0.29) is 6.04 Å². The van der Waals surface area contributed by atoms with Crippen LogP contribution < -0.4 is 5.73 Å². The van der Waals surface area contributed by atoms with Crippen LogP contribution in [0, 0.1) is 6.92 Å². The Morgan fingerprint density at radius 2 is 2.15 bits per heavy atom. The van der Waals surface area contributed by atoms with Crippen LogP contribution in [0.3, 0.4) is 0 Å². The minimum absolute atomic E-state index is 0.0486. The fraction of sp³-hybridized carbons (Fsp3) is 0.357. The number of aryl methyl sites for hydroxylation is 2. The van der Waals surface area contributed by atoms with E-state index in [1.807, 2.05) is 32.2 Å². The topological polar surface area (TPSA) is 43.8 Å². The van der Waals surface area contributed by atoms with Gasteiger partial charge >= 0.3 is 0 Å². The summed E-state index contributed by atoms with van der Waals surface area (Å²) in [5.74, 6) is 0.841. The normalized spacial score (nSPS) is 12.7. The van der Waals surface area contributed by atoms with Crippen molar-refractivity contribution in [2.45, 2.75) is 24.3 Å². The van der Waals surface area contributed by atoms with Gasteiger partial charge in [0.15, 0.2) is 0 Å². The number of benzene rings is 1.